The van der Waals surface area contributed by atoms with Crippen LogP contribution in [-0.4, -0.2) is 57.2 Å². The summed E-state index contributed by atoms with van der Waals surface area (Å²) < 4.78 is 5.46. The standard InChI is InChI=1S/C17H26N6O/c18-17-19-16(20-21-17)13-3-9-23(10-4-13)14-5-7-22(8-6-14)12-15-2-1-11-24-15/h1-2,11,13-14H,3-10,12H2,(H3,18,19,20,21). The van der Waals surface area contributed by atoms with Crippen LogP contribution in [0.2, 0.25) is 0 Å². The molecule has 3 N–H and O–H groups in total. The quantitative estimate of drug-likeness (QED) is 0.889. The predicted octanol–water partition coefficient (Wildman–Crippen LogP) is 1.82. The van der Waals surface area contributed by atoms with E-state index in [0.717, 1.165) is 63.2 Å². The maximum atomic E-state index is 5.62. The van der Waals surface area contributed by atoms with Crippen molar-refractivity contribution >= 4 is 5.95 Å². The largest absolute Gasteiger partial charge is 0.468 e. The summed E-state index contributed by atoms with van der Waals surface area (Å²) in [5.74, 6) is 2.86. The van der Waals surface area contributed by atoms with Crippen molar-refractivity contribution in [3.05, 3.63) is 30.0 Å². The lowest BCUT2D eigenvalue weighted by atomic mass is 9.93. The van der Waals surface area contributed by atoms with Crippen LogP contribution in [0.3, 0.4) is 0 Å². The molecule has 0 aliphatic carbocycles. The van der Waals surface area contributed by atoms with Gasteiger partial charge in [-0.2, -0.15) is 4.98 Å². The molecule has 2 saturated heterocycles. The molecule has 0 atom stereocenters. The van der Waals surface area contributed by atoms with Crippen LogP contribution in [0.4, 0.5) is 5.95 Å². The van der Waals surface area contributed by atoms with Crippen LogP contribution in [0.15, 0.2) is 22.8 Å². The SMILES string of the molecule is Nc1n[nH]c(C2CCN(C3CCN(Cc4ccco4)CC3)CC2)n1. The fourth-order valence-corrected chi connectivity index (χ4v) is 4.07. The molecule has 0 amide bonds. The summed E-state index contributed by atoms with van der Waals surface area (Å²) in [6, 6.07) is 4.75. The van der Waals surface area contributed by atoms with Crippen molar-refractivity contribution in [3.63, 3.8) is 0 Å². The molecule has 7 heteroatoms. The topological polar surface area (TPSA) is 87.2 Å². The summed E-state index contributed by atoms with van der Waals surface area (Å²) in [5.41, 5.74) is 5.62. The van der Waals surface area contributed by atoms with E-state index in [4.69, 9.17) is 10.2 Å². The Kier molecular flexibility index (Phi) is 4.53. The molecule has 7 nitrogen and oxygen atoms in total. The maximum Gasteiger partial charge on any atom is 0.239 e. The molecule has 2 aromatic rings. The molecule has 0 spiro atoms. The van der Waals surface area contributed by atoms with Crippen LogP contribution < -0.4 is 5.73 Å². The predicted molar refractivity (Wildman–Crippen MR) is 91.4 cm³/mol. The van der Waals surface area contributed by atoms with E-state index < -0.39 is 0 Å². The van der Waals surface area contributed by atoms with Gasteiger partial charge in [-0.3, -0.25) is 10.00 Å². The highest BCUT2D eigenvalue weighted by atomic mass is 16.3. The van der Waals surface area contributed by atoms with E-state index in [2.05, 4.69) is 31.0 Å². The molecule has 2 aliphatic rings. The second kappa shape index (κ2) is 6.94. The molecule has 2 aliphatic heterocycles. The fraction of sp³-hybridized carbons (Fsp3) is 0.647. The second-order valence-electron chi connectivity index (χ2n) is 6.98. The van der Waals surface area contributed by atoms with Gasteiger partial charge in [-0.25, -0.2) is 0 Å². The van der Waals surface area contributed by atoms with Crippen molar-refractivity contribution in [1.29, 1.82) is 0 Å². The molecule has 0 unspecified atom stereocenters. The fourth-order valence-electron chi connectivity index (χ4n) is 4.07. The van der Waals surface area contributed by atoms with Crippen LogP contribution in [0.5, 0.6) is 0 Å². The van der Waals surface area contributed by atoms with Gasteiger partial charge < -0.3 is 15.1 Å². The van der Waals surface area contributed by atoms with Crippen LogP contribution >= 0.6 is 0 Å². The smallest absolute Gasteiger partial charge is 0.239 e. The van der Waals surface area contributed by atoms with E-state index >= 15 is 0 Å². The van der Waals surface area contributed by atoms with Gasteiger partial charge in [0.25, 0.3) is 0 Å². The van der Waals surface area contributed by atoms with Crippen LogP contribution in [0.1, 0.15) is 43.2 Å². The van der Waals surface area contributed by atoms with E-state index in [9.17, 15) is 0 Å². The van der Waals surface area contributed by atoms with E-state index in [-0.39, 0.29) is 0 Å². The lowest BCUT2D eigenvalue weighted by Crippen LogP contribution is -2.47. The van der Waals surface area contributed by atoms with Gasteiger partial charge in [0.15, 0.2) is 0 Å². The Morgan fingerprint density at radius 3 is 2.58 bits per heavy atom. The number of nitrogens with two attached hydrogens (primary N) is 1. The molecule has 130 valence electrons. The van der Waals surface area contributed by atoms with Crippen molar-refractivity contribution in [2.24, 2.45) is 0 Å². The molecule has 4 rings (SSSR count). The molecule has 0 radical (unpaired) electrons. The van der Waals surface area contributed by atoms with Crippen LogP contribution in [-0.2, 0) is 6.54 Å². The van der Waals surface area contributed by atoms with E-state index in [0.29, 0.717) is 11.9 Å². The Bertz CT molecular complexity index is 623. The van der Waals surface area contributed by atoms with Gasteiger partial charge in [-0.05, 0) is 50.9 Å². The van der Waals surface area contributed by atoms with Crippen molar-refractivity contribution in [1.82, 2.24) is 25.0 Å². The number of H-pyrrole nitrogens is 1. The van der Waals surface area contributed by atoms with Gasteiger partial charge >= 0.3 is 0 Å². The van der Waals surface area contributed by atoms with Crippen LogP contribution in [0.25, 0.3) is 0 Å². The monoisotopic (exact) mass is 330 g/mol. The number of nitrogens with zero attached hydrogens (tertiary/aromatic N) is 4. The number of nitrogen functional groups attached to an aromatic ring is 1. The molecular weight excluding hydrogens is 304 g/mol. The van der Waals surface area contributed by atoms with E-state index in [1.807, 2.05) is 6.07 Å². The minimum atomic E-state index is 0.358. The Hall–Kier alpha value is -1.86. The van der Waals surface area contributed by atoms with Crippen molar-refractivity contribution in [2.75, 3.05) is 31.9 Å². The van der Waals surface area contributed by atoms with Crippen molar-refractivity contribution in [3.8, 4) is 0 Å². The minimum absolute atomic E-state index is 0.358. The Morgan fingerprint density at radius 2 is 1.96 bits per heavy atom. The molecule has 4 heterocycles. The summed E-state index contributed by atoms with van der Waals surface area (Å²) in [7, 11) is 0. The van der Waals surface area contributed by atoms with Gasteiger partial charge in [0, 0.05) is 25.0 Å². The molecule has 2 fully saturated rings. The summed E-state index contributed by atoms with van der Waals surface area (Å²) in [6.45, 7) is 5.55. The molecular formula is C17H26N6O. The van der Waals surface area contributed by atoms with Crippen molar-refractivity contribution < 1.29 is 4.42 Å². The third-order valence-corrected chi connectivity index (χ3v) is 5.47. The third kappa shape index (κ3) is 3.47. The molecule has 0 bridgehead atoms. The number of aromatic amines is 1. The number of aromatic nitrogens is 3. The summed E-state index contributed by atoms with van der Waals surface area (Å²) in [4.78, 5) is 9.46. The molecule has 0 saturated carbocycles. The first-order valence-electron chi connectivity index (χ1n) is 8.94. The normalized spacial score (nSPS) is 22.2. The number of nitrogens with one attached hydrogen (secondary N) is 1. The summed E-state index contributed by atoms with van der Waals surface area (Å²) in [5, 5.41) is 6.93. The minimum Gasteiger partial charge on any atom is -0.468 e. The Morgan fingerprint density at radius 1 is 1.17 bits per heavy atom. The van der Waals surface area contributed by atoms with Gasteiger partial charge in [0.1, 0.15) is 11.6 Å². The number of hydrogen-bond acceptors (Lipinski definition) is 6. The van der Waals surface area contributed by atoms with Crippen LogP contribution in [0, 0.1) is 0 Å². The number of likely N-dealkylation sites (tertiary alicyclic amines) is 2. The van der Waals surface area contributed by atoms with E-state index in [1.54, 1.807) is 6.26 Å². The second-order valence-corrected chi connectivity index (χ2v) is 6.98. The lowest BCUT2D eigenvalue weighted by Gasteiger charge is -2.41. The highest BCUT2D eigenvalue weighted by Crippen LogP contribution is 2.29. The molecule has 24 heavy (non-hydrogen) atoms. The first kappa shape index (κ1) is 15.7. The first-order valence-corrected chi connectivity index (χ1v) is 8.94. The summed E-state index contributed by atoms with van der Waals surface area (Å²) >= 11 is 0. The molecule has 0 aromatic carbocycles. The Labute approximate surface area is 142 Å². The molecule has 2 aromatic heterocycles. The number of hydrogen-bond donors (Lipinski definition) is 2. The zero-order valence-electron chi connectivity index (χ0n) is 14.0. The van der Waals surface area contributed by atoms with Gasteiger partial charge in [-0.1, -0.05) is 0 Å². The highest BCUT2D eigenvalue weighted by Gasteiger charge is 2.29. The lowest BCUT2D eigenvalue weighted by molar-refractivity contribution is 0.0811. The zero-order valence-corrected chi connectivity index (χ0v) is 14.0. The van der Waals surface area contributed by atoms with E-state index in [1.165, 1.54) is 12.8 Å². The number of anilines is 1. The zero-order chi connectivity index (χ0) is 16.4. The Balaban J connectivity index is 1.24. The van der Waals surface area contributed by atoms with Gasteiger partial charge in [0.05, 0.1) is 12.8 Å². The number of piperidine rings is 2. The number of furan rings is 1. The maximum absolute atomic E-state index is 5.62. The summed E-state index contributed by atoms with van der Waals surface area (Å²) in [6.07, 6.45) is 6.54. The average Bonchev–Trinajstić information content (AvgIpc) is 3.28. The van der Waals surface area contributed by atoms with Gasteiger partial charge in [-0.15, -0.1) is 5.10 Å². The average molecular weight is 330 g/mol. The van der Waals surface area contributed by atoms with Crippen molar-refractivity contribution in [2.45, 2.75) is 44.2 Å². The first-order chi connectivity index (χ1) is 11.8. The number of rotatable bonds is 4. The third-order valence-electron chi connectivity index (χ3n) is 5.47. The highest BCUT2D eigenvalue weighted by molar-refractivity contribution is 5.15. The van der Waals surface area contributed by atoms with Gasteiger partial charge in [0.2, 0.25) is 5.95 Å².